The predicted molar refractivity (Wildman–Crippen MR) is 193 cm³/mol. The van der Waals surface area contributed by atoms with Crippen molar-refractivity contribution >= 4 is 13.7 Å². The van der Waals surface area contributed by atoms with E-state index in [9.17, 15) is 19.4 Å². The molecule has 46 heavy (non-hydrogen) atoms. The molecule has 1 amide bonds. The van der Waals surface area contributed by atoms with Gasteiger partial charge in [-0.05, 0) is 64.7 Å². The number of nitrogens with one attached hydrogen (secondary N) is 1. The zero-order valence-electron chi connectivity index (χ0n) is 29.8. The molecule has 0 aliphatic heterocycles. The summed E-state index contributed by atoms with van der Waals surface area (Å²) in [5.41, 5.74) is 0. The summed E-state index contributed by atoms with van der Waals surface area (Å²) in [6, 6.07) is -0.873. The highest BCUT2D eigenvalue weighted by atomic mass is 31.2. The molecule has 0 aliphatic rings. The number of phosphoric acid groups is 1. The van der Waals surface area contributed by atoms with Gasteiger partial charge in [0.2, 0.25) is 5.91 Å². The molecule has 0 saturated heterocycles. The van der Waals surface area contributed by atoms with E-state index in [4.69, 9.17) is 9.05 Å². The fraction of sp³-hybridized carbons (Fsp3) is 0.703. The Hall–Kier alpha value is -1.80. The van der Waals surface area contributed by atoms with E-state index < -0.39 is 20.0 Å². The van der Waals surface area contributed by atoms with Crippen LogP contribution in [-0.4, -0.2) is 73.4 Å². The molecule has 0 rings (SSSR count). The van der Waals surface area contributed by atoms with Crippen LogP contribution in [0.1, 0.15) is 117 Å². The minimum Gasteiger partial charge on any atom is -0.387 e. The lowest BCUT2D eigenvalue weighted by atomic mass is 10.1. The molecule has 9 heteroatoms. The van der Waals surface area contributed by atoms with Gasteiger partial charge in [-0.2, -0.15) is 0 Å². The number of nitrogens with zero attached hydrogens (tertiary/aromatic N) is 1. The van der Waals surface area contributed by atoms with Crippen LogP contribution in [0.2, 0.25) is 0 Å². The van der Waals surface area contributed by atoms with E-state index in [1.165, 1.54) is 32.1 Å². The van der Waals surface area contributed by atoms with Crippen LogP contribution >= 0.6 is 7.82 Å². The van der Waals surface area contributed by atoms with Crippen molar-refractivity contribution in [1.82, 2.24) is 5.32 Å². The van der Waals surface area contributed by atoms with Crippen molar-refractivity contribution in [3.05, 3.63) is 60.8 Å². The maximum atomic E-state index is 12.7. The van der Waals surface area contributed by atoms with Crippen LogP contribution in [0.4, 0.5) is 0 Å². The Bertz CT molecular complexity index is 939. The zero-order chi connectivity index (χ0) is 34.4. The number of allylic oxidation sites excluding steroid dienone is 9. The number of aliphatic hydroxyl groups excluding tert-OH is 1. The van der Waals surface area contributed by atoms with Crippen molar-refractivity contribution in [2.24, 2.45) is 0 Å². The average molecular weight is 668 g/mol. The normalized spacial score (nSPS) is 15.5. The van der Waals surface area contributed by atoms with E-state index in [1.54, 1.807) is 6.08 Å². The Balaban J connectivity index is 4.60. The van der Waals surface area contributed by atoms with Gasteiger partial charge in [-0.15, -0.1) is 0 Å². The number of phosphoric ester groups is 1. The van der Waals surface area contributed by atoms with Crippen molar-refractivity contribution in [2.45, 2.75) is 129 Å². The largest absolute Gasteiger partial charge is 0.472 e. The van der Waals surface area contributed by atoms with E-state index in [0.29, 0.717) is 17.4 Å². The molecule has 0 aliphatic carbocycles. The average Bonchev–Trinajstić information content (AvgIpc) is 2.99. The smallest absolute Gasteiger partial charge is 0.387 e. The first kappa shape index (κ1) is 44.2. The molecular formula is C37H68N2O6P+. The van der Waals surface area contributed by atoms with Gasteiger partial charge in [-0.1, -0.05) is 106 Å². The number of carbonyl (C=O) groups excluding carboxylic acids is 1. The van der Waals surface area contributed by atoms with E-state index in [1.807, 2.05) is 40.2 Å². The molecule has 3 atom stereocenters. The van der Waals surface area contributed by atoms with Crippen molar-refractivity contribution in [3.8, 4) is 0 Å². The maximum absolute atomic E-state index is 12.7. The summed E-state index contributed by atoms with van der Waals surface area (Å²) in [5.74, 6) is -0.211. The van der Waals surface area contributed by atoms with Gasteiger partial charge in [0.05, 0.1) is 39.9 Å². The molecule has 8 nitrogen and oxygen atoms in total. The van der Waals surface area contributed by atoms with Crippen LogP contribution in [-0.2, 0) is 18.4 Å². The number of hydrogen-bond acceptors (Lipinski definition) is 5. The Morgan fingerprint density at radius 3 is 1.96 bits per heavy atom. The number of rotatable bonds is 30. The summed E-state index contributed by atoms with van der Waals surface area (Å²) in [5, 5.41) is 13.6. The quantitative estimate of drug-likeness (QED) is 0.0233. The molecular weight excluding hydrogens is 599 g/mol. The molecule has 0 spiro atoms. The number of unbranched alkanes of at least 4 members (excludes halogenated alkanes) is 11. The van der Waals surface area contributed by atoms with E-state index in [2.05, 4.69) is 54.8 Å². The third-order valence-electron chi connectivity index (χ3n) is 7.31. The molecule has 0 heterocycles. The number of likely N-dealkylation sites (N-methyl/N-ethyl adjacent to an activating group) is 1. The van der Waals surface area contributed by atoms with Gasteiger partial charge in [0.25, 0.3) is 0 Å². The van der Waals surface area contributed by atoms with Crippen molar-refractivity contribution in [2.75, 3.05) is 40.9 Å². The minimum atomic E-state index is -4.34. The first-order chi connectivity index (χ1) is 22.0. The monoisotopic (exact) mass is 667 g/mol. The van der Waals surface area contributed by atoms with Gasteiger partial charge < -0.3 is 19.8 Å². The fourth-order valence-electron chi connectivity index (χ4n) is 4.42. The van der Waals surface area contributed by atoms with E-state index in [-0.39, 0.29) is 19.1 Å². The molecule has 3 N–H and O–H groups in total. The zero-order valence-corrected chi connectivity index (χ0v) is 30.7. The van der Waals surface area contributed by atoms with Gasteiger partial charge in [0.15, 0.2) is 0 Å². The predicted octanol–water partition coefficient (Wildman–Crippen LogP) is 8.73. The van der Waals surface area contributed by atoms with Crippen LogP contribution in [0.25, 0.3) is 0 Å². The topological polar surface area (TPSA) is 105 Å². The third-order valence-corrected chi connectivity index (χ3v) is 8.29. The highest BCUT2D eigenvalue weighted by Crippen LogP contribution is 2.43. The summed E-state index contributed by atoms with van der Waals surface area (Å²) < 4.78 is 23.3. The Kier molecular flexibility index (Phi) is 28.2. The van der Waals surface area contributed by atoms with Gasteiger partial charge >= 0.3 is 7.82 Å². The van der Waals surface area contributed by atoms with E-state index in [0.717, 1.165) is 64.2 Å². The highest BCUT2D eigenvalue weighted by molar-refractivity contribution is 7.47. The SMILES string of the molecule is C/C=C/CC/C=C/CC/C=C/C(O)C(COP(=O)(O)OCC[N+](C)(C)C)NC(=O)CCCCCCCC/C=C\C=C/CCCCC. The van der Waals surface area contributed by atoms with Crippen LogP contribution in [0.5, 0.6) is 0 Å². The lowest BCUT2D eigenvalue weighted by molar-refractivity contribution is -0.870. The third kappa shape index (κ3) is 30.8. The van der Waals surface area contributed by atoms with Crippen molar-refractivity contribution < 1.29 is 32.9 Å². The molecule has 266 valence electrons. The lowest BCUT2D eigenvalue weighted by Crippen LogP contribution is -2.45. The second kappa shape index (κ2) is 29.3. The Morgan fingerprint density at radius 1 is 0.783 bits per heavy atom. The molecule has 0 saturated carbocycles. The van der Waals surface area contributed by atoms with Crippen LogP contribution in [0.15, 0.2) is 60.8 Å². The molecule has 0 aromatic rings. The van der Waals surface area contributed by atoms with Gasteiger partial charge in [0, 0.05) is 6.42 Å². The number of carbonyl (C=O) groups is 1. The lowest BCUT2D eigenvalue weighted by Gasteiger charge is -2.25. The Morgan fingerprint density at radius 2 is 1.35 bits per heavy atom. The van der Waals surface area contributed by atoms with Crippen LogP contribution < -0.4 is 5.32 Å². The number of hydrogen-bond donors (Lipinski definition) is 3. The number of amides is 1. The number of aliphatic hydroxyl groups is 1. The van der Waals surface area contributed by atoms with Gasteiger partial charge in [-0.3, -0.25) is 13.8 Å². The summed E-state index contributed by atoms with van der Waals surface area (Å²) in [7, 11) is 1.52. The molecule has 0 bridgehead atoms. The second-order valence-electron chi connectivity index (χ2n) is 12.9. The van der Waals surface area contributed by atoms with Crippen molar-refractivity contribution in [1.29, 1.82) is 0 Å². The van der Waals surface area contributed by atoms with Crippen LogP contribution in [0.3, 0.4) is 0 Å². The van der Waals surface area contributed by atoms with Crippen LogP contribution in [0, 0.1) is 0 Å². The van der Waals surface area contributed by atoms with E-state index >= 15 is 0 Å². The summed E-state index contributed by atoms with van der Waals surface area (Å²) in [6.07, 6.45) is 35.9. The second-order valence-corrected chi connectivity index (χ2v) is 14.4. The van der Waals surface area contributed by atoms with Gasteiger partial charge in [-0.25, -0.2) is 4.57 Å². The molecule has 0 aromatic heterocycles. The molecule has 0 aromatic carbocycles. The van der Waals surface area contributed by atoms with Gasteiger partial charge in [0.1, 0.15) is 13.2 Å². The molecule has 0 radical (unpaired) electrons. The van der Waals surface area contributed by atoms with Crippen molar-refractivity contribution in [3.63, 3.8) is 0 Å². The maximum Gasteiger partial charge on any atom is 0.472 e. The molecule has 3 unspecified atom stereocenters. The standard InChI is InChI=1S/C37H67N2O6P/c1-6-8-10-12-14-16-17-18-19-20-21-23-25-27-29-31-37(41)38-35(34-45-46(42,43)44-33-32-39(3,4)5)36(40)30-28-26-24-22-15-13-11-9-7-2/h7,9,14-18,22,28,30,35-36,40H,6,8,10-13,19-21,23-27,29,31-34H2,1-5H3,(H-,38,41,42,43)/p+1/b9-7+,16-14-,18-17-,22-15+,30-28+. The fourth-order valence-corrected chi connectivity index (χ4v) is 5.16. The highest BCUT2D eigenvalue weighted by Gasteiger charge is 2.27. The number of quaternary nitrogens is 1. The molecule has 0 fully saturated rings. The Labute approximate surface area is 281 Å². The summed E-state index contributed by atoms with van der Waals surface area (Å²) >= 11 is 0. The first-order valence-corrected chi connectivity index (χ1v) is 19.1. The first-order valence-electron chi connectivity index (χ1n) is 17.6. The minimum absolute atomic E-state index is 0.0479. The summed E-state index contributed by atoms with van der Waals surface area (Å²) in [4.78, 5) is 22.9. The summed E-state index contributed by atoms with van der Waals surface area (Å²) in [6.45, 7) is 4.46.